The number of aromatic nitrogens is 3. The fourth-order valence-electron chi connectivity index (χ4n) is 1.38. The summed E-state index contributed by atoms with van der Waals surface area (Å²) in [5.74, 6) is -0.777. The molecule has 0 fully saturated rings. The van der Waals surface area contributed by atoms with Crippen LogP contribution in [0.25, 0.3) is 0 Å². The van der Waals surface area contributed by atoms with Crippen LogP contribution in [-0.2, 0) is 6.54 Å². The number of rotatable bonds is 4. The van der Waals surface area contributed by atoms with E-state index >= 15 is 0 Å². The highest BCUT2D eigenvalue weighted by Crippen LogP contribution is 2.16. The molecule has 1 amide bonds. The van der Waals surface area contributed by atoms with Gasteiger partial charge in [-0.15, -0.1) is 5.10 Å². The van der Waals surface area contributed by atoms with E-state index in [2.05, 4.69) is 31.6 Å². The third-order valence-corrected chi connectivity index (χ3v) is 2.92. The Bertz CT molecular complexity index is 544. The Morgan fingerprint density at radius 2 is 2.33 bits per heavy atom. The van der Waals surface area contributed by atoms with Gasteiger partial charge in [0.2, 0.25) is 0 Å². The molecular weight excluding hydrogens is 303 g/mol. The first kappa shape index (κ1) is 12.7. The van der Waals surface area contributed by atoms with Crippen LogP contribution in [0.5, 0.6) is 0 Å². The van der Waals surface area contributed by atoms with Crippen LogP contribution in [0.4, 0.5) is 4.39 Å². The second-order valence-electron chi connectivity index (χ2n) is 3.55. The SMILES string of the molecule is O=C(NCCn1ccnn1)c1ccc(Br)c(F)c1. The molecule has 94 valence electrons. The van der Waals surface area contributed by atoms with E-state index < -0.39 is 5.82 Å². The number of benzene rings is 1. The van der Waals surface area contributed by atoms with E-state index in [0.29, 0.717) is 17.6 Å². The average Bonchev–Trinajstić information content (AvgIpc) is 2.85. The van der Waals surface area contributed by atoms with Crippen molar-refractivity contribution >= 4 is 21.8 Å². The van der Waals surface area contributed by atoms with Gasteiger partial charge in [-0.2, -0.15) is 0 Å². The molecule has 0 aliphatic carbocycles. The van der Waals surface area contributed by atoms with Crippen LogP contribution in [0.1, 0.15) is 10.4 Å². The average molecular weight is 313 g/mol. The largest absolute Gasteiger partial charge is 0.350 e. The topological polar surface area (TPSA) is 59.8 Å². The van der Waals surface area contributed by atoms with Crippen LogP contribution >= 0.6 is 15.9 Å². The zero-order valence-electron chi connectivity index (χ0n) is 9.31. The molecule has 7 heteroatoms. The fraction of sp³-hybridized carbons (Fsp3) is 0.182. The Morgan fingerprint density at radius 1 is 1.50 bits per heavy atom. The molecule has 1 aromatic carbocycles. The van der Waals surface area contributed by atoms with Gasteiger partial charge in [0.05, 0.1) is 17.2 Å². The first-order chi connectivity index (χ1) is 8.66. The van der Waals surface area contributed by atoms with E-state index in [1.54, 1.807) is 23.1 Å². The van der Waals surface area contributed by atoms with Crippen LogP contribution in [0.15, 0.2) is 35.1 Å². The molecule has 0 unspecified atom stereocenters. The number of hydrogen-bond donors (Lipinski definition) is 1. The smallest absolute Gasteiger partial charge is 0.251 e. The lowest BCUT2D eigenvalue weighted by Gasteiger charge is -2.05. The number of hydrogen-bond acceptors (Lipinski definition) is 3. The molecule has 0 radical (unpaired) electrons. The highest BCUT2D eigenvalue weighted by atomic mass is 79.9. The van der Waals surface area contributed by atoms with Crippen LogP contribution < -0.4 is 5.32 Å². The van der Waals surface area contributed by atoms with Gasteiger partial charge in [0.1, 0.15) is 5.82 Å². The Morgan fingerprint density at radius 3 is 3.00 bits per heavy atom. The maximum Gasteiger partial charge on any atom is 0.251 e. The zero-order valence-corrected chi connectivity index (χ0v) is 10.9. The van der Waals surface area contributed by atoms with Crippen molar-refractivity contribution in [1.29, 1.82) is 0 Å². The molecule has 0 saturated carbocycles. The molecule has 0 aliphatic rings. The molecule has 0 aliphatic heterocycles. The van der Waals surface area contributed by atoms with Gasteiger partial charge < -0.3 is 5.32 Å². The summed E-state index contributed by atoms with van der Waals surface area (Å²) in [6, 6.07) is 4.24. The molecule has 0 bridgehead atoms. The van der Waals surface area contributed by atoms with E-state index in [4.69, 9.17) is 0 Å². The van der Waals surface area contributed by atoms with Crippen LogP contribution in [0, 0.1) is 5.82 Å². The van der Waals surface area contributed by atoms with Gasteiger partial charge in [-0.25, -0.2) is 4.39 Å². The minimum Gasteiger partial charge on any atom is -0.350 e. The van der Waals surface area contributed by atoms with Crippen molar-refractivity contribution in [2.24, 2.45) is 0 Å². The summed E-state index contributed by atoms with van der Waals surface area (Å²) < 4.78 is 15.2. The Kier molecular flexibility index (Phi) is 4.03. The normalized spacial score (nSPS) is 10.3. The Hall–Kier alpha value is -1.76. The van der Waals surface area contributed by atoms with Crippen molar-refractivity contribution < 1.29 is 9.18 Å². The van der Waals surface area contributed by atoms with Crippen molar-refractivity contribution in [1.82, 2.24) is 20.3 Å². The van der Waals surface area contributed by atoms with Gasteiger partial charge >= 0.3 is 0 Å². The molecule has 0 spiro atoms. The maximum absolute atomic E-state index is 13.2. The van der Waals surface area contributed by atoms with Crippen LogP contribution in [0.3, 0.4) is 0 Å². The highest BCUT2D eigenvalue weighted by Gasteiger charge is 2.08. The number of carbonyl (C=O) groups is 1. The lowest BCUT2D eigenvalue weighted by atomic mass is 10.2. The maximum atomic E-state index is 13.2. The number of nitrogens with one attached hydrogen (secondary N) is 1. The molecule has 0 saturated heterocycles. The monoisotopic (exact) mass is 312 g/mol. The van der Waals surface area contributed by atoms with Crippen molar-refractivity contribution in [3.05, 3.63) is 46.4 Å². The predicted molar refractivity (Wildman–Crippen MR) is 66.5 cm³/mol. The van der Waals surface area contributed by atoms with Gasteiger partial charge in [0.25, 0.3) is 5.91 Å². The molecule has 0 atom stereocenters. The van der Waals surface area contributed by atoms with E-state index in [0.717, 1.165) is 0 Å². The zero-order chi connectivity index (χ0) is 13.0. The number of carbonyl (C=O) groups excluding carboxylic acids is 1. The molecular formula is C11H10BrFN4O. The molecule has 1 aromatic heterocycles. The van der Waals surface area contributed by atoms with Gasteiger partial charge in [0.15, 0.2) is 0 Å². The summed E-state index contributed by atoms with van der Waals surface area (Å²) in [6.45, 7) is 0.921. The van der Waals surface area contributed by atoms with Crippen molar-refractivity contribution in [3.8, 4) is 0 Å². The molecule has 2 aromatic rings. The van der Waals surface area contributed by atoms with Crippen LogP contribution in [0.2, 0.25) is 0 Å². The van der Waals surface area contributed by atoms with Gasteiger partial charge in [-0.05, 0) is 34.1 Å². The van der Waals surface area contributed by atoms with E-state index in [1.165, 1.54) is 12.1 Å². The lowest BCUT2D eigenvalue weighted by molar-refractivity contribution is 0.0951. The summed E-state index contributed by atoms with van der Waals surface area (Å²) in [6.07, 6.45) is 3.26. The number of halogens is 2. The lowest BCUT2D eigenvalue weighted by Crippen LogP contribution is -2.27. The van der Waals surface area contributed by atoms with Gasteiger partial charge in [0, 0.05) is 18.3 Å². The second-order valence-corrected chi connectivity index (χ2v) is 4.41. The van der Waals surface area contributed by atoms with Crippen molar-refractivity contribution in [2.45, 2.75) is 6.54 Å². The van der Waals surface area contributed by atoms with Gasteiger partial charge in [-0.3, -0.25) is 9.48 Å². The van der Waals surface area contributed by atoms with Gasteiger partial charge in [-0.1, -0.05) is 5.21 Å². The number of nitrogens with zero attached hydrogens (tertiary/aromatic N) is 3. The Balaban J connectivity index is 1.89. The molecule has 18 heavy (non-hydrogen) atoms. The molecule has 1 N–H and O–H groups in total. The van der Waals surface area contributed by atoms with Crippen molar-refractivity contribution in [2.75, 3.05) is 6.54 Å². The first-order valence-corrected chi connectivity index (χ1v) is 6.03. The standard InChI is InChI=1S/C11H10BrFN4O/c12-9-2-1-8(7-10(9)13)11(18)14-3-5-17-6-4-15-16-17/h1-2,4,6-7H,3,5H2,(H,14,18). The third kappa shape index (κ3) is 3.13. The van der Waals surface area contributed by atoms with Crippen LogP contribution in [-0.4, -0.2) is 27.4 Å². The summed E-state index contributed by atoms with van der Waals surface area (Å²) in [5, 5.41) is 10.1. The summed E-state index contributed by atoms with van der Waals surface area (Å²) >= 11 is 3.03. The summed E-state index contributed by atoms with van der Waals surface area (Å²) in [7, 11) is 0. The molecule has 2 rings (SSSR count). The molecule has 5 nitrogen and oxygen atoms in total. The summed E-state index contributed by atoms with van der Waals surface area (Å²) in [4.78, 5) is 11.7. The van der Waals surface area contributed by atoms with E-state index in [9.17, 15) is 9.18 Å². The fourth-order valence-corrected chi connectivity index (χ4v) is 1.62. The number of amides is 1. The quantitative estimate of drug-likeness (QED) is 0.933. The Labute approximate surface area is 111 Å². The minimum atomic E-state index is -0.459. The van der Waals surface area contributed by atoms with E-state index in [1.807, 2.05) is 0 Å². The highest BCUT2D eigenvalue weighted by molar-refractivity contribution is 9.10. The third-order valence-electron chi connectivity index (χ3n) is 2.28. The minimum absolute atomic E-state index is 0.286. The first-order valence-electron chi connectivity index (χ1n) is 5.24. The predicted octanol–water partition coefficient (Wildman–Crippen LogP) is 1.61. The summed E-state index contributed by atoms with van der Waals surface area (Å²) in [5.41, 5.74) is 0.286. The van der Waals surface area contributed by atoms with Crippen molar-refractivity contribution in [3.63, 3.8) is 0 Å². The molecule has 1 heterocycles. The van der Waals surface area contributed by atoms with E-state index in [-0.39, 0.29) is 11.5 Å². The second kappa shape index (κ2) is 5.72.